The van der Waals surface area contributed by atoms with Gasteiger partial charge in [0.25, 0.3) is 0 Å². The Morgan fingerprint density at radius 3 is 3.08 bits per heavy atom. The molecule has 1 aromatic carbocycles. The van der Waals surface area contributed by atoms with Gasteiger partial charge in [-0.3, -0.25) is 0 Å². The van der Waals surface area contributed by atoms with Gasteiger partial charge in [0.15, 0.2) is 0 Å². The second kappa shape index (κ2) is 3.40. The van der Waals surface area contributed by atoms with E-state index in [0.29, 0.717) is 0 Å². The van der Waals surface area contributed by atoms with E-state index < -0.39 is 0 Å². The number of hydrogen-bond donors (Lipinski definition) is 2. The van der Waals surface area contributed by atoms with Gasteiger partial charge in [-0.15, -0.1) is 12.6 Å². The van der Waals surface area contributed by atoms with Gasteiger partial charge in [0, 0.05) is 17.1 Å². The van der Waals surface area contributed by atoms with Crippen molar-refractivity contribution in [2.24, 2.45) is 0 Å². The largest absolute Gasteiger partial charge is 0.385 e. The second-order valence-corrected chi connectivity index (χ2v) is 3.74. The highest BCUT2D eigenvalue weighted by Gasteiger charge is 2.05. The van der Waals surface area contributed by atoms with Crippen LogP contribution in [0.1, 0.15) is 18.4 Å². The van der Waals surface area contributed by atoms with Crippen LogP contribution < -0.4 is 5.32 Å². The molecule has 0 amide bonds. The summed E-state index contributed by atoms with van der Waals surface area (Å²) in [6, 6.07) is 6.36. The fourth-order valence-corrected chi connectivity index (χ4v) is 1.81. The number of nitrogens with one attached hydrogen (secondary N) is 1. The van der Waals surface area contributed by atoms with Crippen LogP contribution >= 0.6 is 12.6 Å². The molecule has 0 unspecified atom stereocenters. The smallest absolute Gasteiger partial charge is 0.0383 e. The topological polar surface area (TPSA) is 12.0 Å². The minimum absolute atomic E-state index is 1.04. The van der Waals surface area contributed by atoms with Crippen molar-refractivity contribution in [2.75, 3.05) is 11.9 Å². The first kappa shape index (κ1) is 7.99. The summed E-state index contributed by atoms with van der Waals surface area (Å²) in [5.41, 5.74) is 2.71. The molecule has 0 spiro atoms. The summed E-state index contributed by atoms with van der Waals surface area (Å²) in [5.74, 6) is 0. The maximum absolute atomic E-state index is 4.31. The molecule has 0 saturated carbocycles. The van der Waals surface area contributed by atoms with Gasteiger partial charge in [-0.1, -0.05) is 6.07 Å². The fourth-order valence-electron chi connectivity index (χ4n) is 1.61. The van der Waals surface area contributed by atoms with Crippen LogP contribution in [0.5, 0.6) is 0 Å². The summed E-state index contributed by atoms with van der Waals surface area (Å²) in [5, 5.41) is 3.42. The fraction of sp³-hybridized carbons (Fsp3) is 0.400. The molecule has 64 valence electrons. The lowest BCUT2D eigenvalue weighted by Crippen LogP contribution is -1.99. The summed E-state index contributed by atoms with van der Waals surface area (Å²) < 4.78 is 0. The number of fused-ring (bicyclic) bond motifs is 1. The lowest BCUT2D eigenvalue weighted by atomic mass is 10.1. The predicted octanol–water partition coefficient (Wildman–Crippen LogP) is 2.72. The lowest BCUT2D eigenvalue weighted by Gasteiger charge is -2.07. The first-order valence-corrected chi connectivity index (χ1v) is 4.87. The molecule has 2 rings (SSSR count). The summed E-state index contributed by atoms with van der Waals surface area (Å²) in [4.78, 5) is 1.04. The first-order chi connectivity index (χ1) is 5.86. The van der Waals surface area contributed by atoms with E-state index in [9.17, 15) is 0 Å². The molecule has 1 aromatic rings. The van der Waals surface area contributed by atoms with Crippen LogP contribution in [-0.2, 0) is 6.42 Å². The minimum Gasteiger partial charge on any atom is -0.385 e. The summed E-state index contributed by atoms with van der Waals surface area (Å²) in [6.45, 7) is 1.10. The standard InChI is InChI=1S/C10H13NS/c12-9-5-4-8-3-1-2-6-11-10(8)7-9/h4-5,7,11-12H,1-3,6H2. The van der Waals surface area contributed by atoms with Crippen molar-refractivity contribution in [3.8, 4) is 0 Å². The number of benzene rings is 1. The Morgan fingerprint density at radius 1 is 1.25 bits per heavy atom. The quantitative estimate of drug-likeness (QED) is 0.584. The highest BCUT2D eigenvalue weighted by Crippen LogP contribution is 2.23. The van der Waals surface area contributed by atoms with E-state index in [1.807, 2.05) is 0 Å². The predicted molar refractivity (Wildman–Crippen MR) is 55.1 cm³/mol. The third-order valence-electron chi connectivity index (χ3n) is 2.28. The van der Waals surface area contributed by atoms with Gasteiger partial charge in [0.1, 0.15) is 0 Å². The Hall–Kier alpha value is -0.630. The number of rotatable bonds is 0. The van der Waals surface area contributed by atoms with Gasteiger partial charge < -0.3 is 5.32 Å². The zero-order valence-corrected chi connectivity index (χ0v) is 7.90. The van der Waals surface area contributed by atoms with Crippen molar-refractivity contribution in [1.29, 1.82) is 0 Å². The number of anilines is 1. The number of thiol groups is 1. The van der Waals surface area contributed by atoms with Crippen LogP contribution in [0.25, 0.3) is 0 Å². The van der Waals surface area contributed by atoms with Crippen molar-refractivity contribution in [3.05, 3.63) is 23.8 Å². The number of hydrogen-bond acceptors (Lipinski definition) is 2. The Kier molecular flexibility index (Phi) is 2.26. The molecular formula is C10H13NS. The molecule has 0 aromatic heterocycles. The average Bonchev–Trinajstić information content (AvgIpc) is 2.28. The first-order valence-electron chi connectivity index (χ1n) is 4.42. The Morgan fingerprint density at radius 2 is 2.17 bits per heavy atom. The van der Waals surface area contributed by atoms with Crippen molar-refractivity contribution in [3.63, 3.8) is 0 Å². The maximum Gasteiger partial charge on any atom is 0.0383 e. The van der Waals surface area contributed by atoms with Crippen LogP contribution in [-0.4, -0.2) is 6.54 Å². The van der Waals surface area contributed by atoms with E-state index in [1.54, 1.807) is 0 Å². The van der Waals surface area contributed by atoms with Gasteiger partial charge in [-0.2, -0.15) is 0 Å². The SMILES string of the molecule is Sc1ccc2c(c1)NCCCC2. The van der Waals surface area contributed by atoms with Crippen LogP contribution in [0.2, 0.25) is 0 Å². The molecule has 1 aliphatic rings. The van der Waals surface area contributed by atoms with E-state index in [-0.39, 0.29) is 0 Å². The Labute approximate surface area is 78.6 Å². The van der Waals surface area contributed by atoms with Gasteiger partial charge in [-0.25, -0.2) is 0 Å². The zero-order chi connectivity index (χ0) is 8.39. The molecular weight excluding hydrogens is 166 g/mol. The highest BCUT2D eigenvalue weighted by atomic mass is 32.1. The number of aryl methyl sites for hydroxylation is 1. The third-order valence-corrected chi connectivity index (χ3v) is 2.56. The molecule has 0 fully saturated rings. The molecule has 12 heavy (non-hydrogen) atoms. The molecule has 1 nitrogen and oxygen atoms in total. The van der Waals surface area contributed by atoms with E-state index in [0.717, 1.165) is 11.4 Å². The monoisotopic (exact) mass is 179 g/mol. The van der Waals surface area contributed by atoms with Crippen LogP contribution in [0.15, 0.2) is 23.1 Å². The normalized spacial score (nSPS) is 16.1. The summed E-state index contributed by atoms with van der Waals surface area (Å²) in [7, 11) is 0. The maximum atomic E-state index is 4.31. The molecule has 1 N–H and O–H groups in total. The van der Waals surface area contributed by atoms with Crippen molar-refractivity contribution in [1.82, 2.24) is 0 Å². The van der Waals surface area contributed by atoms with Gasteiger partial charge in [0.2, 0.25) is 0 Å². The van der Waals surface area contributed by atoms with Crippen molar-refractivity contribution >= 4 is 18.3 Å². The zero-order valence-electron chi connectivity index (χ0n) is 7.01. The van der Waals surface area contributed by atoms with E-state index >= 15 is 0 Å². The van der Waals surface area contributed by atoms with Crippen LogP contribution in [0.4, 0.5) is 5.69 Å². The highest BCUT2D eigenvalue weighted by molar-refractivity contribution is 7.80. The molecule has 0 saturated heterocycles. The molecule has 1 heterocycles. The third kappa shape index (κ3) is 1.58. The molecule has 0 radical (unpaired) electrons. The van der Waals surface area contributed by atoms with Crippen molar-refractivity contribution in [2.45, 2.75) is 24.2 Å². The average molecular weight is 179 g/mol. The van der Waals surface area contributed by atoms with E-state index in [1.165, 1.54) is 30.5 Å². The lowest BCUT2D eigenvalue weighted by molar-refractivity contribution is 0.785. The van der Waals surface area contributed by atoms with Gasteiger partial charge >= 0.3 is 0 Å². The molecule has 0 bridgehead atoms. The minimum atomic E-state index is 1.04. The summed E-state index contributed by atoms with van der Waals surface area (Å²) in [6.07, 6.45) is 3.78. The van der Waals surface area contributed by atoms with E-state index in [2.05, 4.69) is 36.1 Å². The van der Waals surface area contributed by atoms with E-state index in [4.69, 9.17) is 0 Å². The Bertz CT molecular complexity index is 283. The van der Waals surface area contributed by atoms with Crippen molar-refractivity contribution < 1.29 is 0 Å². The summed E-state index contributed by atoms with van der Waals surface area (Å²) >= 11 is 4.31. The van der Waals surface area contributed by atoms with Gasteiger partial charge in [-0.05, 0) is 37.0 Å². The molecule has 1 aliphatic heterocycles. The molecule has 0 aliphatic carbocycles. The Balaban J connectivity index is 2.36. The van der Waals surface area contributed by atoms with Gasteiger partial charge in [0.05, 0.1) is 0 Å². The second-order valence-electron chi connectivity index (χ2n) is 3.23. The van der Waals surface area contributed by atoms with Crippen LogP contribution in [0, 0.1) is 0 Å². The molecule has 0 atom stereocenters. The van der Waals surface area contributed by atoms with Crippen LogP contribution in [0.3, 0.4) is 0 Å². The molecule has 2 heteroatoms.